The molecule has 8 nitrogen and oxygen atoms in total. The molecule has 1 N–H and O–H groups in total. The number of amides is 2. The van der Waals surface area contributed by atoms with Crippen LogP contribution in [-0.2, 0) is 32.8 Å². The molecule has 1 fully saturated rings. The summed E-state index contributed by atoms with van der Waals surface area (Å²) in [6.45, 7) is 3.19. The molecule has 242 valence electrons. The van der Waals surface area contributed by atoms with Crippen LogP contribution >= 0.6 is 23.2 Å². The Morgan fingerprint density at radius 2 is 1.58 bits per heavy atom. The van der Waals surface area contributed by atoms with Crippen LogP contribution in [0.15, 0.2) is 66.7 Å². The number of anilines is 1. The van der Waals surface area contributed by atoms with Crippen LogP contribution in [0.1, 0.15) is 54.4 Å². The molecule has 0 spiro atoms. The summed E-state index contributed by atoms with van der Waals surface area (Å²) in [5.41, 5.74) is 3.49. The number of halogens is 2. The van der Waals surface area contributed by atoms with Crippen LogP contribution in [0, 0.1) is 13.8 Å². The topological polar surface area (TPSA) is 90.0 Å². The Morgan fingerprint density at radius 3 is 2.22 bits per heavy atom. The highest BCUT2D eigenvalue weighted by atomic mass is 35.5. The molecule has 0 aliphatic heterocycles. The molecule has 0 unspecified atom stereocenters. The van der Waals surface area contributed by atoms with Gasteiger partial charge in [0.2, 0.25) is 11.8 Å². The van der Waals surface area contributed by atoms with Crippen molar-refractivity contribution in [2.75, 3.05) is 24.9 Å². The third-order valence-corrected chi connectivity index (χ3v) is 10.8. The highest BCUT2D eigenvalue weighted by Gasteiger charge is 2.36. The van der Waals surface area contributed by atoms with E-state index >= 15 is 0 Å². The van der Waals surface area contributed by atoms with Gasteiger partial charge in [0.1, 0.15) is 12.6 Å². The van der Waals surface area contributed by atoms with Crippen molar-refractivity contribution >= 4 is 50.9 Å². The minimum absolute atomic E-state index is 0.0204. The van der Waals surface area contributed by atoms with Crippen molar-refractivity contribution in [3.05, 3.63) is 99.0 Å². The number of rotatable bonds is 12. The van der Waals surface area contributed by atoms with Gasteiger partial charge in [-0.05, 0) is 67.1 Å². The Labute approximate surface area is 277 Å². The van der Waals surface area contributed by atoms with E-state index in [-0.39, 0.29) is 24.9 Å². The van der Waals surface area contributed by atoms with Crippen LogP contribution < -0.4 is 9.62 Å². The van der Waals surface area contributed by atoms with Crippen LogP contribution in [-0.4, -0.2) is 62.2 Å². The van der Waals surface area contributed by atoms with E-state index in [1.54, 1.807) is 31.2 Å². The summed E-state index contributed by atoms with van der Waals surface area (Å²) < 4.78 is 29.6. The fourth-order valence-electron chi connectivity index (χ4n) is 5.62. The summed E-state index contributed by atoms with van der Waals surface area (Å²) in [6, 6.07) is 19.2. The maximum absolute atomic E-state index is 14.5. The fourth-order valence-corrected chi connectivity index (χ4v) is 7.06. The number of carbonyl (C=O) groups is 2. The number of nitrogens with zero attached hydrogens (tertiary/aromatic N) is 3. The average Bonchev–Trinajstić information content (AvgIpc) is 3.01. The average molecular weight is 674 g/mol. The first-order valence-corrected chi connectivity index (χ1v) is 17.4. The molecule has 3 aromatic rings. The van der Waals surface area contributed by atoms with Gasteiger partial charge in [-0.25, -0.2) is 4.31 Å². The first kappa shape index (κ1) is 34.8. The number of benzene rings is 3. The Bertz CT molecular complexity index is 1590. The van der Waals surface area contributed by atoms with Crippen molar-refractivity contribution in [1.82, 2.24) is 14.5 Å². The molecule has 0 radical (unpaired) electrons. The number of hydrogen-bond acceptors (Lipinski definition) is 4. The highest BCUT2D eigenvalue weighted by Crippen LogP contribution is 2.28. The van der Waals surface area contributed by atoms with Crippen LogP contribution in [0.3, 0.4) is 0 Å². The molecule has 1 atom stereocenters. The van der Waals surface area contributed by atoms with Crippen LogP contribution in [0.25, 0.3) is 0 Å². The third-order valence-electron chi connectivity index (χ3n) is 8.21. The predicted molar refractivity (Wildman–Crippen MR) is 182 cm³/mol. The summed E-state index contributed by atoms with van der Waals surface area (Å²) in [5.74, 6) is -0.792. The van der Waals surface area contributed by atoms with Gasteiger partial charge in [0.15, 0.2) is 0 Å². The summed E-state index contributed by atoms with van der Waals surface area (Å²) >= 11 is 12.6. The van der Waals surface area contributed by atoms with Gasteiger partial charge in [-0.15, -0.1) is 0 Å². The van der Waals surface area contributed by atoms with E-state index in [4.69, 9.17) is 23.2 Å². The molecule has 3 aromatic carbocycles. The van der Waals surface area contributed by atoms with E-state index in [0.717, 1.165) is 51.8 Å². The van der Waals surface area contributed by atoms with Gasteiger partial charge in [-0.3, -0.25) is 9.59 Å². The van der Waals surface area contributed by atoms with Gasteiger partial charge in [0.25, 0.3) is 0 Å². The number of carbonyl (C=O) groups excluding carboxylic acids is 2. The lowest BCUT2D eigenvalue weighted by molar-refractivity contribution is -0.140. The summed E-state index contributed by atoms with van der Waals surface area (Å²) in [4.78, 5) is 30.2. The molecule has 0 aromatic heterocycles. The summed E-state index contributed by atoms with van der Waals surface area (Å²) in [7, 11) is -1.23. The monoisotopic (exact) mass is 672 g/mol. The molecule has 1 aliphatic carbocycles. The van der Waals surface area contributed by atoms with Crippen molar-refractivity contribution in [3.8, 4) is 0 Å². The third kappa shape index (κ3) is 9.00. The Kier molecular flexibility index (Phi) is 11.9. The quantitative estimate of drug-likeness (QED) is 0.244. The first-order valence-electron chi connectivity index (χ1n) is 15.2. The van der Waals surface area contributed by atoms with Crippen molar-refractivity contribution in [2.24, 2.45) is 0 Å². The van der Waals surface area contributed by atoms with Gasteiger partial charge in [-0.2, -0.15) is 12.7 Å². The zero-order valence-electron chi connectivity index (χ0n) is 26.3. The van der Waals surface area contributed by atoms with Crippen LogP contribution in [0.2, 0.25) is 10.0 Å². The first-order chi connectivity index (χ1) is 21.4. The standard InChI is InChI=1S/C34H42Cl2N4O4S/c1-24-15-16-25(2)31(19-24)40(45(43,44)38(3)4)23-33(41)39(22-27-17-18-29(35)30(36)20-27)32(21-26-11-7-5-8-12-26)34(42)37-28-13-9-6-10-14-28/h5,7-8,11-12,15-20,28,32H,6,9-10,13-14,21-23H2,1-4H3,(H,37,42)/t32-/m0/s1. The second-order valence-electron chi connectivity index (χ2n) is 11.9. The van der Waals surface area contributed by atoms with Crippen molar-refractivity contribution < 1.29 is 18.0 Å². The zero-order valence-corrected chi connectivity index (χ0v) is 28.6. The summed E-state index contributed by atoms with van der Waals surface area (Å²) in [5, 5.41) is 3.90. The maximum atomic E-state index is 14.5. The second-order valence-corrected chi connectivity index (χ2v) is 14.8. The SMILES string of the molecule is Cc1ccc(C)c(N(CC(=O)N(Cc2ccc(Cl)c(Cl)c2)[C@@H](Cc2ccccc2)C(=O)NC2CCCCC2)S(=O)(=O)N(C)C)c1. The molecule has 45 heavy (non-hydrogen) atoms. The molecule has 4 rings (SSSR count). The van der Waals surface area contributed by atoms with E-state index in [1.807, 2.05) is 49.4 Å². The van der Waals surface area contributed by atoms with E-state index in [1.165, 1.54) is 19.0 Å². The van der Waals surface area contributed by atoms with Crippen LogP contribution in [0.5, 0.6) is 0 Å². The molecule has 2 amide bonds. The lowest BCUT2D eigenvalue weighted by atomic mass is 9.94. The molecule has 0 saturated heterocycles. The zero-order chi connectivity index (χ0) is 32.7. The lowest BCUT2D eigenvalue weighted by Gasteiger charge is -2.36. The molecule has 0 heterocycles. The minimum Gasteiger partial charge on any atom is -0.352 e. The number of aryl methyl sites for hydroxylation is 2. The second kappa shape index (κ2) is 15.5. The normalized spacial score (nSPS) is 14.6. The molecular weight excluding hydrogens is 631 g/mol. The summed E-state index contributed by atoms with van der Waals surface area (Å²) in [6.07, 6.45) is 5.21. The molecule has 1 aliphatic rings. The number of hydrogen-bond donors (Lipinski definition) is 1. The Balaban J connectivity index is 1.79. The highest BCUT2D eigenvalue weighted by molar-refractivity contribution is 7.90. The van der Waals surface area contributed by atoms with Crippen LogP contribution in [0.4, 0.5) is 5.69 Å². The van der Waals surface area contributed by atoms with Crippen molar-refractivity contribution in [3.63, 3.8) is 0 Å². The maximum Gasteiger partial charge on any atom is 0.304 e. The van der Waals surface area contributed by atoms with Gasteiger partial charge in [-0.1, -0.05) is 91.0 Å². The van der Waals surface area contributed by atoms with E-state index in [0.29, 0.717) is 26.9 Å². The Morgan fingerprint density at radius 1 is 0.889 bits per heavy atom. The molecule has 1 saturated carbocycles. The Hall–Kier alpha value is -3.11. The van der Waals surface area contributed by atoms with Gasteiger partial charge < -0.3 is 10.2 Å². The predicted octanol–water partition coefficient (Wildman–Crippen LogP) is 6.31. The molecule has 11 heteroatoms. The largest absolute Gasteiger partial charge is 0.352 e. The van der Waals surface area contributed by atoms with E-state index in [9.17, 15) is 18.0 Å². The van der Waals surface area contributed by atoms with Crippen molar-refractivity contribution in [1.29, 1.82) is 0 Å². The van der Waals surface area contributed by atoms with E-state index < -0.39 is 28.7 Å². The van der Waals surface area contributed by atoms with Crippen molar-refractivity contribution in [2.45, 2.75) is 71.0 Å². The van der Waals surface area contributed by atoms with Gasteiger partial charge >= 0.3 is 10.2 Å². The van der Waals surface area contributed by atoms with Gasteiger partial charge in [0.05, 0.1) is 15.7 Å². The minimum atomic E-state index is -4.09. The molecular formula is C34H42Cl2N4O4S. The van der Waals surface area contributed by atoms with Gasteiger partial charge in [0, 0.05) is 33.1 Å². The number of nitrogens with one attached hydrogen (secondary N) is 1. The van der Waals surface area contributed by atoms with E-state index in [2.05, 4.69) is 5.32 Å². The fraction of sp³-hybridized carbons (Fsp3) is 0.412. The smallest absolute Gasteiger partial charge is 0.304 e. The molecule has 0 bridgehead atoms. The lowest BCUT2D eigenvalue weighted by Crippen LogP contribution is -2.55.